The number of fused-ring (bicyclic) bond motifs is 1. The van der Waals surface area contributed by atoms with E-state index in [-0.39, 0.29) is 24.9 Å². The zero-order valence-corrected chi connectivity index (χ0v) is 15.2. The van der Waals surface area contributed by atoms with Crippen molar-refractivity contribution in [3.63, 3.8) is 0 Å². The SMILES string of the molecule is CNCCCC(=O)Nc1ccc(OCC(=O)OC)c2ccccc12.Cl. The molecule has 2 aromatic rings. The highest BCUT2D eigenvalue weighted by molar-refractivity contribution is 6.04. The smallest absolute Gasteiger partial charge is 0.343 e. The average Bonchev–Trinajstić information content (AvgIpc) is 2.61. The highest BCUT2D eigenvalue weighted by atomic mass is 35.5. The molecule has 6 nitrogen and oxygen atoms in total. The second-order valence-electron chi connectivity index (χ2n) is 5.28. The monoisotopic (exact) mass is 366 g/mol. The molecule has 0 saturated carbocycles. The number of methoxy groups -OCH3 is 1. The van der Waals surface area contributed by atoms with Gasteiger partial charge in [-0.3, -0.25) is 4.79 Å². The Morgan fingerprint density at radius 1 is 1.08 bits per heavy atom. The normalized spacial score (nSPS) is 10.0. The first-order valence-electron chi connectivity index (χ1n) is 7.81. The van der Waals surface area contributed by atoms with Crippen LogP contribution in [0.25, 0.3) is 10.8 Å². The highest BCUT2D eigenvalue weighted by Crippen LogP contribution is 2.31. The van der Waals surface area contributed by atoms with Gasteiger partial charge in [0.05, 0.1) is 7.11 Å². The van der Waals surface area contributed by atoms with Crippen molar-refractivity contribution in [2.45, 2.75) is 12.8 Å². The van der Waals surface area contributed by atoms with Crippen molar-refractivity contribution in [2.75, 3.05) is 32.6 Å². The number of halogens is 1. The molecule has 0 unspecified atom stereocenters. The third-order valence-electron chi connectivity index (χ3n) is 3.56. The first kappa shape index (κ1) is 20.7. The van der Waals surface area contributed by atoms with E-state index in [4.69, 9.17) is 4.74 Å². The van der Waals surface area contributed by atoms with Crippen LogP contribution in [-0.4, -0.2) is 39.2 Å². The van der Waals surface area contributed by atoms with Gasteiger partial charge in [0.1, 0.15) is 5.75 Å². The number of rotatable bonds is 8. The highest BCUT2D eigenvalue weighted by Gasteiger charge is 2.10. The minimum Gasteiger partial charge on any atom is -0.481 e. The number of nitrogens with one attached hydrogen (secondary N) is 2. The second-order valence-corrected chi connectivity index (χ2v) is 5.28. The fourth-order valence-electron chi connectivity index (χ4n) is 2.34. The van der Waals surface area contributed by atoms with Crippen LogP contribution in [0.15, 0.2) is 36.4 Å². The van der Waals surface area contributed by atoms with Gasteiger partial charge in [0, 0.05) is 22.9 Å². The molecule has 0 aliphatic heterocycles. The van der Waals surface area contributed by atoms with Crippen LogP contribution in [0.5, 0.6) is 5.75 Å². The lowest BCUT2D eigenvalue weighted by molar-refractivity contribution is -0.142. The van der Waals surface area contributed by atoms with Gasteiger partial charge < -0.3 is 20.1 Å². The van der Waals surface area contributed by atoms with Gasteiger partial charge in [-0.2, -0.15) is 0 Å². The van der Waals surface area contributed by atoms with Crippen LogP contribution in [0.2, 0.25) is 0 Å². The van der Waals surface area contributed by atoms with Gasteiger partial charge in [-0.25, -0.2) is 4.79 Å². The lowest BCUT2D eigenvalue weighted by atomic mass is 10.1. The Hall–Kier alpha value is -2.31. The van der Waals surface area contributed by atoms with Crippen LogP contribution in [-0.2, 0) is 14.3 Å². The standard InChI is InChI=1S/C18H22N2O4.ClH/c1-19-11-5-8-17(21)20-15-9-10-16(24-12-18(22)23-2)14-7-4-3-6-13(14)15;/h3-4,6-7,9-10,19H,5,8,11-12H2,1-2H3,(H,20,21);1H. The Morgan fingerprint density at radius 3 is 2.48 bits per heavy atom. The number of hydrogen-bond donors (Lipinski definition) is 2. The molecular weight excluding hydrogens is 344 g/mol. The lowest BCUT2D eigenvalue weighted by Gasteiger charge is -2.13. The summed E-state index contributed by atoms with van der Waals surface area (Å²) in [6.07, 6.45) is 1.23. The molecule has 0 heterocycles. The molecule has 0 bridgehead atoms. The van der Waals surface area contributed by atoms with Crippen LogP contribution >= 0.6 is 12.4 Å². The molecule has 0 aromatic heterocycles. The molecule has 0 fully saturated rings. The molecule has 0 radical (unpaired) electrons. The number of carbonyl (C=O) groups is 2. The molecule has 0 aliphatic carbocycles. The quantitative estimate of drug-likeness (QED) is 0.555. The summed E-state index contributed by atoms with van der Waals surface area (Å²) in [5.41, 5.74) is 0.727. The fourth-order valence-corrected chi connectivity index (χ4v) is 2.34. The summed E-state index contributed by atoms with van der Waals surface area (Å²) in [5.74, 6) is 0.101. The number of carbonyl (C=O) groups excluding carboxylic acids is 2. The van der Waals surface area contributed by atoms with Crippen molar-refractivity contribution in [3.05, 3.63) is 36.4 Å². The number of anilines is 1. The minimum atomic E-state index is -0.444. The van der Waals surface area contributed by atoms with E-state index < -0.39 is 5.97 Å². The predicted molar refractivity (Wildman–Crippen MR) is 100 cm³/mol. The molecule has 0 aliphatic rings. The molecule has 0 saturated heterocycles. The van der Waals surface area contributed by atoms with E-state index in [1.165, 1.54) is 7.11 Å². The van der Waals surface area contributed by atoms with Gasteiger partial charge in [0.15, 0.2) is 6.61 Å². The van der Waals surface area contributed by atoms with Crippen LogP contribution in [0.3, 0.4) is 0 Å². The van der Waals surface area contributed by atoms with Gasteiger partial charge in [-0.1, -0.05) is 24.3 Å². The summed E-state index contributed by atoms with van der Waals surface area (Å²) < 4.78 is 10.1. The Labute approximate surface area is 153 Å². The Balaban J connectivity index is 0.00000312. The first-order chi connectivity index (χ1) is 11.7. The number of amides is 1. The van der Waals surface area contributed by atoms with Gasteiger partial charge in [0.2, 0.25) is 5.91 Å². The third kappa shape index (κ3) is 5.92. The van der Waals surface area contributed by atoms with E-state index in [0.717, 1.165) is 29.4 Å². The maximum atomic E-state index is 12.0. The fraction of sp³-hybridized carbons (Fsp3) is 0.333. The molecule has 0 spiro atoms. The molecule has 1 amide bonds. The zero-order chi connectivity index (χ0) is 17.4. The van der Waals surface area contributed by atoms with E-state index in [0.29, 0.717) is 12.2 Å². The summed E-state index contributed by atoms with van der Waals surface area (Å²) >= 11 is 0. The number of benzene rings is 2. The number of esters is 1. The lowest BCUT2D eigenvalue weighted by Crippen LogP contribution is -2.15. The van der Waals surface area contributed by atoms with Crippen molar-refractivity contribution in [1.29, 1.82) is 0 Å². The van der Waals surface area contributed by atoms with Crippen molar-refractivity contribution < 1.29 is 19.1 Å². The molecule has 2 rings (SSSR count). The van der Waals surface area contributed by atoms with E-state index in [1.807, 2.05) is 31.3 Å². The van der Waals surface area contributed by atoms with Gasteiger partial charge in [0.25, 0.3) is 0 Å². The topological polar surface area (TPSA) is 76.7 Å². The van der Waals surface area contributed by atoms with Gasteiger partial charge in [-0.05, 0) is 32.1 Å². The Bertz CT molecular complexity index is 721. The Kier molecular flexibility index (Phi) is 8.74. The molecular formula is C18H23ClN2O4. The summed E-state index contributed by atoms with van der Waals surface area (Å²) in [6.45, 7) is 0.644. The largest absolute Gasteiger partial charge is 0.481 e. The maximum absolute atomic E-state index is 12.0. The first-order valence-corrected chi connectivity index (χ1v) is 7.81. The number of ether oxygens (including phenoxy) is 2. The van der Waals surface area contributed by atoms with E-state index in [2.05, 4.69) is 15.4 Å². The van der Waals surface area contributed by atoms with Gasteiger partial charge in [-0.15, -0.1) is 12.4 Å². The summed E-state index contributed by atoms with van der Waals surface area (Å²) in [6, 6.07) is 11.1. The van der Waals surface area contributed by atoms with E-state index in [9.17, 15) is 9.59 Å². The second kappa shape index (κ2) is 10.5. The minimum absolute atomic E-state index is 0. The average molecular weight is 367 g/mol. The van der Waals surface area contributed by atoms with Gasteiger partial charge >= 0.3 is 5.97 Å². The van der Waals surface area contributed by atoms with Crippen LogP contribution in [0.4, 0.5) is 5.69 Å². The summed E-state index contributed by atoms with van der Waals surface area (Å²) in [7, 11) is 3.18. The van der Waals surface area contributed by atoms with Crippen molar-refractivity contribution in [3.8, 4) is 5.75 Å². The van der Waals surface area contributed by atoms with Crippen LogP contribution in [0.1, 0.15) is 12.8 Å². The molecule has 25 heavy (non-hydrogen) atoms. The molecule has 2 N–H and O–H groups in total. The molecule has 0 atom stereocenters. The van der Waals surface area contributed by atoms with Crippen molar-refractivity contribution in [2.24, 2.45) is 0 Å². The summed E-state index contributed by atoms with van der Waals surface area (Å²) in [4.78, 5) is 23.3. The van der Waals surface area contributed by atoms with E-state index in [1.54, 1.807) is 12.1 Å². The van der Waals surface area contributed by atoms with Crippen LogP contribution < -0.4 is 15.4 Å². The zero-order valence-electron chi connectivity index (χ0n) is 14.3. The summed E-state index contributed by atoms with van der Waals surface area (Å²) in [5, 5.41) is 7.64. The molecule has 7 heteroatoms. The Morgan fingerprint density at radius 2 is 1.80 bits per heavy atom. The maximum Gasteiger partial charge on any atom is 0.343 e. The molecule has 2 aromatic carbocycles. The molecule has 136 valence electrons. The van der Waals surface area contributed by atoms with E-state index >= 15 is 0 Å². The third-order valence-corrected chi connectivity index (χ3v) is 3.56. The van der Waals surface area contributed by atoms with Crippen LogP contribution in [0, 0.1) is 0 Å². The van der Waals surface area contributed by atoms with Crippen molar-refractivity contribution >= 4 is 40.7 Å². The predicted octanol–water partition coefficient (Wildman–Crippen LogP) is 2.75. The number of hydrogen-bond acceptors (Lipinski definition) is 5. The van der Waals surface area contributed by atoms with Crippen molar-refractivity contribution in [1.82, 2.24) is 5.32 Å².